The first kappa shape index (κ1) is 3.37. The van der Waals surface area contributed by atoms with Gasteiger partial charge in [0.05, 0.1) is 0 Å². The minimum absolute atomic E-state index is 0.0602. The number of hydrogen-bond donors (Lipinski definition) is 0. The van der Waals surface area contributed by atoms with E-state index < -0.39 is 53.7 Å². The highest BCUT2D eigenvalue weighted by Crippen LogP contribution is 2.31. The molecule has 0 unspecified atom stereocenters. The van der Waals surface area contributed by atoms with Crippen molar-refractivity contribution >= 4 is 0 Å². The molecule has 0 N–H and O–H groups in total. The Morgan fingerprint density at radius 1 is 1.47 bits per heavy atom. The lowest BCUT2D eigenvalue weighted by atomic mass is 9.86. The van der Waals surface area contributed by atoms with Crippen molar-refractivity contribution in [3.63, 3.8) is 0 Å². The molecule has 0 saturated heterocycles. The van der Waals surface area contributed by atoms with Crippen LogP contribution in [0.3, 0.4) is 0 Å². The third kappa shape index (κ3) is 2.06. The summed E-state index contributed by atoms with van der Waals surface area (Å²) < 4.78 is 87.0. The van der Waals surface area contributed by atoms with Crippen LogP contribution in [-0.4, -0.2) is 4.73 Å². The van der Waals surface area contributed by atoms with Gasteiger partial charge in [-0.05, 0) is 37.2 Å². The molecule has 3 nitrogen and oxygen atoms in total. The van der Waals surface area contributed by atoms with E-state index in [4.69, 9.17) is 15.1 Å². The highest BCUT2D eigenvalue weighted by Gasteiger charge is 2.17. The summed E-state index contributed by atoms with van der Waals surface area (Å²) in [4.78, 5) is 11.8. The first-order valence-electron chi connectivity index (χ1n) is 9.74. The van der Waals surface area contributed by atoms with Crippen molar-refractivity contribution < 1.29 is 15.1 Å². The summed E-state index contributed by atoms with van der Waals surface area (Å²) in [7, 11) is 0. The van der Waals surface area contributed by atoms with E-state index in [0.29, 0.717) is 0 Å². The van der Waals surface area contributed by atoms with Crippen LogP contribution in [0.4, 0.5) is 0 Å². The Morgan fingerprint density at radius 3 is 2.80 bits per heavy atom. The maximum Gasteiger partial charge on any atom is 0.246 e. The second-order valence-electron chi connectivity index (χ2n) is 3.05. The molecule has 1 aromatic rings. The molecule has 0 aromatic carbocycles. The number of hydrogen-bond acceptors (Lipinski definition) is 2. The summed E-state index contributed by atoms with van der Waals surface area (Å²) in [5.41, 5.74) is -2.32. The van der Waals surface area contributed by atoms with Gasteiger partial charge in [-0.25, -0.2) is 0 Å². The molecule has 0 aliphatic heterocycles. The third-order valence-electron chi connectivity index (χ3n) is 1.89. The van der Waals surface area contributed by atoms with Crippen LogP contribution in [0.2, 0.25) is 0 Å². The van der Waals surface area contributed by atoms with Gasteiger partial charge >= 0.3 is 0 Å². The lowest BCUT2D eigenvalue weighted by Crippen LogP contribution is -2.22. The minimum Gasteiger partial charge on any atom is -0.803 e. The predicted octanol–water partition coefficient (Wildman–Crippen LogP) is 2.55. The van der Waals surface area contributed by atoms with Crippen molar-refractivity contribution in [1.82, 2.24) is 4.73 Å². The van der Waals surface area contributed by atoms with Crippen LogP contribution in [0.15, 0.2) is 16.9 Å². The van der Waals surface area contributed by atoms with Gasteiger partial charge in [0.15, 0.2) is 0 Å². The average Bonchev–Trinajstić information content (AvgIpc) is 2.47. The number of aryl methyl sites for hydroxylation is 1. The number of nitrogens with zero attached hydrogens (tertiary/aromatic N) is 1. The van der Waals surface area contributed by atoms with Gasteiger partial charge in [0.2, 0.25) is 5.56 Å². The molecule has 1 aliphatic rings. The maximum absolute atomic E-state index is 12.2. The smallest absolute Gasteiger partial charge is 0.246 e. The lowest BCUT2D eigenvalue weighted by Gasteiger charge is -2.27. The molecule has 1 heterocycles. The van der Waals surface area contributed by atoms with Crippen LogP contribution >= 0.6 is 0 Å². The summed E-state index contributed by atoms with van der Waals surface area (Å²) >= 11 is 0. The number of aromatic nitrogens is 1. The van der Waals surface area contributed by atoms with Crippen molar-refractivity contribution in [1.29, 1.82) is 0 Å². The van der Waals surface area contributed by atoms with Crippen LogP contribution in [0.25, 0.3) is 0 Å². The highest BCUT2D eigenvalue weighted by atomic mass is 16.5. The van der Waals surface area contributed by atoms with Crippen molar-refractivity contribution in [2.24, 2.45) is 0 Å². The van der Waals surface area contributed by atoms with Crippen LogP contribution in [-0.2, 0) is 0 Å². The SMILES string of the molecule is [2H]C1([2H])C([2H])([2H])C([2H])([2H])C([2H])(c2cc(C)cc(=O)n2[O-])C([2H])([2H])C1([2H])[2H]. The van der Waals surface area contributed by atoms with Gasteiger partial charge in [-0.15, -0.1) is 0 Å². The molecular formula is C12H16NO2-. The van der Waals surface area contributed by atoms with Crippen molar-refractivity contribution in [3.05, 3.63) is 39.0 Å². The molecule has 0 spiro atoms. The Morgan fingerprint density at radius 2 is 2.13 bits per heavy atom. The Hall–Kier alpha value is -1.25. The summed E-state index contributed by atoms with van der Waals surface area (Å²) in [6.07, 6.45) is -18.5. The molecule has 1 aliphatic carbocycles. The summed E-state index contributed by atoms with van der Waals surface area (Å²) in [5, 5.41) is 12.2. The quantitative estimate of drug-likeness (QED) is 0.725. The van der Waals surface area contributed by atoms with Gasteiger partial charge in [-0.3, -0.25) is 4.79 Å². The van der Waals surface area contributed by atoms with Gasteiger partial charge in [0.1, 0.15) is 0 Å². The van der Waals surface area contributed by atoms with E-state index in [2.05, 4.69) is 0 Å². The lowest BCUT2D eigenvalue weighted by molar-refractivity contribution is 0.430. The molecule has 1 fully saturated rings. The molecule has 1 saturated carbocycles. The van der Waals surface area contributed by atoms with Crippen LogP contribution < -0.4 is 5.56 Å². The first-order chi connectivity index (χ1) is 11.3. The molecule has 0 bridgehead atoms. The van der Waals surface area contributed by atoms with Crippen molar-refractivity contribution in [3.8, 4) is 0 Å². The van der Waals surface area contributed by atoms with Crippen molar-refractivity contribution in [2.45, 2.75) is 44.7 Å². The highest BCUT2D eigenvalue weighted by molar-refractivity contribution is 5.20. The fourth-order valence-electron chi connectivity index (χ4n) is 1.24. The van der Waals surface area contributed by atoms with E-state index in [1.807, 2.05) is 0 Å². The number of rotatable bonds is 1. The molecule has 3 heteroatoms. The normalized spacial score (nSPS) is 47.7. The first-order valence-corrected chi connectivity index (χ1v) is 4.24. The van der Waals surface area contributed by atoms with Gasteiger partial charge in [-0.2, -0.15) is 0 Å². The van der Waals surface area contributed by atoms with Gasteiger partial charge in [0, 0.05) is 26.8 Å². The monoisotopic (exact) mass is 217 g/mol. The minimum atomic E-state index is -3.72. The molecule has 82 valence electrons. The second kappa shape index (κ2) is 4.09. The summed E-state index contributed by atoms with van der Waals surface area (Å²) in [6, 6.07) is 1.65. The molecule has 1 aromatic heterocycles. The predicted molar refractivity (Wildman–Crippen MR) is 60.0 cm³/mol. The zero-order valence-electron chi connectivity index (χ0n) is 18.9. The van der Waals surface area contributed by atoms with Gasteiger partial charge in [-0.1, -0.05) is 19.1 Å². The van der Waals surface area contributed by atoms with Crippen LogP contribution in [0, 0.1) is 12.1 Å². The molecule has 2 rings (SSSR count). The molecular weight excluding hydrogens is 190 g/mol. The summed E-state index contributed by atoms with van der Waals surface area (Å²) in [5.74, 6) is -3.56. The second-order valence-corrected chi connectivity index (χ2v) is 3.05. The zero-order chi connectivity index (χ0) is 20.7. The van der Waals surface area contributed by atoms with Gasteiger partial charge < -0.3 is 9.94 Å². The van der Waals surface area contributed by atoms with E-state index >= 15 is 0 Å². The topological polar surface area (TPSA) is 45.1 Å². The van der Waals surface area contributed by atoms with Crippen molar-refractivity contribution in [2.75, 3.05) is 0 Å². The molecule has 15 heavy (non-hydrogen) atoms. The Kier molecular flexibility index (Phi) is 0.919. The van der Waals surface area contributed by atoms with E-state index in [1.54, 1.807) is 0 Å². The molecule has 0 amide bonds. The average molecular weight is 217 g/mol. The van der Waals surface area contributed by atoms with Crippen LogP contribution in [0.1, 0.15) is 64.1 Å². The molecule has 0 radical (unpaired) electrons. The largest absolute Gasteiger partial charge is 0.803 e. The Balaban J connectivity index is 3.06. The third-order valence-corrected chi connectivity index (χ3v) is 1.89. The zero-order valence-corrected chi connectivity index (χ0v) is 7.92. The van der Waals surface area contributed by atoms with E-state index in [9.17, 15) is 10.0 Å². The van der Waals surface area contributed by atoms with Crippen LogP contribution in [0.5, 0.6) is 0 Å². The van der Waals surface area contributed by atoms with E-state index in [-0.39, 0.29) is 5.56 Å². The fraction of sp³-hybridized carbons (Fsp3) is 0.583. The molecule has 0 atom stereocenters. The fourth-order valence-corrected chi connectivity index (χ4v) is 1.24. The van der Waals surface area contributed by atoms with E-state index in [1.165, 1.54) is 6.92 Å². The summed E-state index contributed by atoms with van der Waals surface area (Å²) in [6.45, 7) is 1.31. The van der Waals surface area contributed by atoms with E-state index in [0.717, 1.165) is 12.1 Å². The number of pyridine rings is 1. The Labute approximate surface area is 105 Å². The maximum atomic E-state index is 12.2. The standard InChI is InChI=1S/C12H16NO2/c1-9-7-11(13(15)12(14)8-9)10-5-3-2-4-6-10/h7-8,10H,2-6H2,1H3/q-1/i2D2,3D2,4D2,5D2,6D2,10D. The van der Waals surface area contributed by atoms with Gasteiger partial charge in [0.25, 0.3) is 0 Å². The Bertz CT molecular complexity index is 784.